The number of piperidine rings is 1. The molecule has 2 aromatic rings. The lowest BCUT2D eigenvalue weighted by molar-refractivity contribution is 0.235. The SMILES string of the molecule is Cc1cccc(CCNC(=O)N[C@@H]2CCCN(c3cnn(C)c3)C2)c1. The zero-order chi connectivity index (χ0) is 17.6. The third-order valence-corrected chi connectivity index (χ3v) is 4.59. The first-order valence-corrected chi connectivity index (χ1v) is 8.93. The van der Waals surface area contributed by atoms with Crippen LogP contribution in [0, 0.1) is 6.92 Å². The summed E-state index contributed by atoms with van der Waals surface area (Å²) in [6, 6.07) is 8.49. The molecule has 2 heterocycles. The monoisotopic (exact) mass is 341 g/mol. The molecule has 25 heavy (non-hydrogen) atoms. The number of aryl methyl sites for hydroxylation is 2. The van der Waals surface area contributed by atoms with E-state index in [2.05, 4.69) is 51.8 Å². The summed E-state index contributed by atoms with van der Waals surface area (Å²) in [5.74, 6) is 0. The third kappa shape index (κ3) is 4.98. The molecule has 0 unspecified atom stereocenters. The van der Waals surface area contributed by atoms with Gasteiger partial charge in [0, 0.05) is 38.9 Å². The largest absolute Gasteiger partial charge is 0.367 e. The Kier molecular flexibility index (Phi) is 5.58. The first-order chi connectivity index (χ1) is 12.1. The average Bonchev–Trinajstić information content (AvgIpc) is 3.02. The van der Waals surface area contributed by atoms with E-state index < -0.39 is 0 Å². The summed E-state index contributed by atoms with van der Waals surface area (Å²) in [6.07, 6.45) is 6.83. The fraction of sp³-hybridized carbons (Fsp3) is 0.474. The Morgan fingerprint density at radius 1 is 1.40 bits per heavy atom. The highest BCUT2D eigenvalue weighted by Gasteiger charge is 2.22. The Bertz CT molecular complexity index is 711. The maximum atomic E-state index is 12.2. The van der Waals surface area contributed by atoms with Crippen molar-refractivity contribution in [3.63, 3.8) is 0 Å². The molecule has 0 bridgehead atoms. The summed E-state index contributed by atoms with van der Waals surface area (Å²) in [7, 11) is 1.92. The molecule has 1 aliphatic rings. The Hall–Kier alpha value is -2.50. The van der Waals surface area contributed by atoms with Crippen molar-refractivity contribution in [2.24, 2.45) is 7.05 Å². The molecule has 6 nitrogen and oxygen atoms in total. The zero-order valence-corrected chi connectivity index (χ0v) is 15.0. The number of amides is 2. The second-order valence-electron chi connectivity index (χ2n) is 6.80. The Morgan fingerprint density at radius 2 is 2.28 bits per heavy atom. The fourth-order valence-electron chi connectivity index (χ4n) is 3.33. The lowest BCUT2D eigenvalue weighted by Crippen LogP contribution is -2.50. The standard InChI is InChI=1S/C19H27N5O/c1-15-5-3-6-16(11-15)8-9-20-19(25)22-17-7-4-10-24(13-17)18-12-21-23(2)14-18/h3,5-6,11-12,14,17H,4,7-10,13H2,1-2H3,(H2,20,22,25)/t17-/m1/s1. The van der Waals surface area contributed by atoms with Crippen LogP contribution in [-0.4, -0.2) is 41.5 Å². The van der Waals surface area contributed by atoms with E-state index in [1.807, 2.05) is 24.1 Å². The van der Waals surface area contributed by atoms with Crippen molar-refractivity contribution in [3.8, 4) is 0 Å². The molecule has 1 aromatic heterocycles. The quantitative estimate of drug-likeness (QED) is 0.877. The van der Waals surface area contributed by atoms with Crippen molar-refractivity contribution in [1.29, 1.82) is 0 Å². The van der Waals surface area contributed by atoms with Gasteiger partial charge in [0.05, 0.1) is 11.9 Å². The first kappa shape index (κ1) is 17.3. The summed E-state index contributed by atoms with van der Waals surface area (Å²) in [4.78, 5) is 14.4. The summed E-state index contributed by atoms with van der Waals surface area (Å²) in [5, 5.41) is 10.3. The van der Waals surface area contributed by atoms with Crippen LogP contribution in [-0.2, 0) is 13.5 Å². The van der Waals surface area contributed by atoms with E-state index in [9.17, 15) is 4.79 Å². The average molecular weight is 341 g/mol. The van der Waals surface area contributed by atoms with Gasteiger partial charge in [0.1, 0.15) is 0 Å². The summed E-state index contributed by atoms with van der Waals surface area (Å²) in [5.41, 5.74) is 3.62. The summed E-state index contributed by atoms with van der Waals surface area (Å²) in [6.45, 7) is 4.57. The van der Waals surface area contributed by atoms with Crippen molar-refractivity contribution in [2.45, 2.75) is 32.2 Å². The van der Waals surface area contributed by atoms with Gasteiger partial charge in [-0.2, -0.15) is 5.10 Å². The van der Waals surface area contributed by atoms with Crippen LogP contribution < -0.4 is 15.5 Å². The molecule has 0 saturated carbocycles. The number of carbonyl (C=O) groups excluding carboxylic acids is 1. The fourth-order valence-corrected chi connectivity index (χ4v) is 3.33. The minimum atomic E-state index is -0.0781. The van der Waals surface area contributed by atoms with Gasteiger partial charge in [0.2, 0.25) is 0 Å². The van der Waals surface area contributed by atoms with Gasteiger partial charge in [0.15, 0.2) is 0 Å². The van der Waals surface area contributed by atoms with E-state index in [0.717, 1.165) is 38.0 Å². The van der Waals surface area contributed by atoms with Crippen LogP contribution in [0.3, 0.4) is 0 Å². The van der Waals surface area contributed by atoms with Gasteiger partial charge in [0.25, 0.3) is 0 Å². The van der Waals surface area contributed by atoms with E-state index in [1.54, 1.807) is 0 Å². The minimum absolute atomic E-state index is 0.0781. The highest BCUT2D eigenvalue weighted by atomic mass is 16.2. The van der Waals surface area contributed by atoms with Gasteiger partial charge >= 0.3 is 6.03 Å². The van der Waals surface area contributed by atoms with Crippen LogP contribution in [0.1, 0.15) is 24.0 Å². The van der Waals surface area contributed by atoms with Gasteiger partial charge in [-0.3, -0.25) is 4.68 Å². The molecule has 1 atom stereocenters. The Labute approximate surface area is 149 Å². The number of nitrogens with zero attached hydrogens (tertiary/aromatic N) is 3. The number of carbonyl (C=O) groups is 1. The highest BCUT2D eigenvalue weighted by Crippen LogP contribution is 2.18. The maximum Gasteiger partial charge on any atom is 0.315 e. The van der Waals surface area contributed by atoms with Crippen LogP contribution in [0.4, 0.5) is 10.5 Å². The number of benzene rings is 1. The molecule has 1 saturated heterocycles. The van der Waals surface area contributed by atoms with Crippen LogP contribution in [0.15, 0.2) is 36.7 Å². The molecule has 3 rings (SSSR count). The smallest absolute Gasteiger partial charge is 0.315 e. The van der Waals surface area contributed by atoms with Crippen molar-refractivity contribution in [3.05, 3.63) is 47.8 Å². The Balaban J connectivity index is 1.43. The third-order valence-electron chi connectivity index (χ3n) is 4.59. The van der Waals surface area contributed by atoms with Crippen molar-refractivity contribution >= 4 is 11.7 Å². The second kappa shape index (κ2) is 8.05. The predicted molar refractivity (Wildman–Crippen MR) is 99.9 cm³/mol. The number of anilines is 1. The lowest BCUT2D eigenvalue weighted by Gasteiger charge is -2.33. The van der Waals surface area contributed by atoms with Crippen LogP contribution in [0.25, 0.3) is 0 Å². The second-order valence-corrected chi connectivity index (χ2v) is 6.80. The summed E-state index contributed by atoms with van der Waals surface area (Å²) >= 11 is 0. The van der Waals surface area contributed by atoms with E-state index in [-0.39, 0.29) is 12.1 Å². The van der Waals surface area contributed by atoms with E-state index in [1.165, 1.54) is 11.1 Å². The molecular weight excluding hydrogens is 314 g/mol. The maximum absolute atomic E-state index is 12.2. The first-order valence-electron chi connectivity index (χ1n) is 8.93. The minimum Gasteiger partial charge on any atom is -0.367 e. The van der Waals surface area contributed by atoms with E-state index in [4.69, 9.17) is 0 Å². The van der Waals surface area contributed by atoms with Gasteiger partial charge in [-0.05, 0) is 31.7 Å². The molecule has 0 spiro atoms. The number of nitrogens with one attached hydrogen (secondary N) is 2. The van der Waals surface area contributed by atoms with Crippen LogP contribution in [0.2, 0.25) is 0 Å². The molecule has 2 amide bonds. The molecule has 0 aliphatic carbocycles. The highest BCUT2D eigenvalue weighted by molar-refractivity contribution is 5.74. The van der Waals surface area contributed by atoms with Gasteiger partial charge in [-0.15, -0.1) is 0 Å². The van der Waals surface area contributed by atoms with Crippen molar-refractivity contribution < 1.29 is 4.79 Å². The van der Waals surface area contributed by atoms with Crippen molar-refractivity contribution in [2.75, 3.05) is 24.5 Å². The lowest BCUT2D eigenvalue weighted by atomic mass is 10.1. The molecule has 2 N–H and O–H groups in total. The topological polar surface area (TPSA) is 62.2 Å². The van der Waals surface area contributed by atoms with E-state index >= 15 is 0 Å². The number of aromatic nitrogens is 2. The molecule has 6 heteroatoms. The van der Waals surface area contributed by atoms with Gasteiger partial charge < -0.3 is 15.5 Å². The molecule has 0 radical (unpaired) electrons. The number of urea groups is 1. The summed E-state index contributed by atoms with van der Waals surface area (Å²) < 4.78 is 1.81. The predicted octanol–water partition coefficient (Wildman–Crippen LogP) is 2.24. The normalized spacial score (nSPS) is 17.4. The molecule has 1 aromatic carbocycles. The van der Waals surface area contributed by atoms with Crippen LogP contribution in [0.5, 0.6) is 0 Å². The molecule has 134 valence electrons. The number of hydrogen-bond donors (Lipinski definition) is 2. The van der Waals surface area contributed by atoms with Crippen LogP contribution >= 0.6 is 0 Å². The zero-order valence-electron chi connectivity index (χ0n) is 15.0. The number of hydrogen-bond acceptors (Lipinski definition) is 3. The van der Waals surface area contributed by atoms with Gasteiger partial charge in [-0.1, -0.05) is 29.8 Å². The van der Waals surface area contributed by atoms with Gasteiger partial charge in [-0.25, -0.2) is 4.79 Å². The van der Waals surface area contributed by atoms with Crippen molar-refractivity contribution in [1.82, 2.24) is 20.4 Å². The molecular formula is C19H27N5O. The number of rotatable bonds is 5. The molecule has 1 fully saturated rings. The van der Waals surface area contributed by atoms with E-state index in [0.29, 0.717) is 6.54 Å². The molecule has 1 aliphatic heterocycles. The Morgan fingerprint density at radius 3 is 3.04 bits per heavy atom.